The second-order valence-corrected chi connectivity index (χ2v) is 8.20. The Labute approximate surface area is 153 Å². The van der Waals surface area contributed by atoms with Gasteiger partial charge in [0, 0.05) is 18.2 Å². The lowest BCUT2D eigenvalue weighted by Gasteiger charge is -2.43. The van der Waals surface area contributed by atoms with Crippen LogP contribution >= 0.6 is 0 Å². The van der Waals surface area contributed by atoms with Gasteiger partial charge in [-0.2, -0.15) is 0 Å². The average molecular weight is 365 g/mol. The van der Waals surface area contributed by atoms with Gasteiger partial charge in [0.05, 0.1) is 17.6 Å². The number of carbonyl (C=O) groups is 1. The Bertz CT molecular complexity index is 654. The first-order chi connectivity index (χ1) is 12.2. The number of hydrogen-bond acceptors (Lipinski definition) is 5. The van der Waals surface area contributed by atoms with E-state index in [2.05, 4.69) is 10.3 Å². The number of aliphatic hydroxyl groups is 1. The number of fused-ring (bicyclic) bond motifs is 1. The molecule has 0 aromatic carbocycles. The maximum atomic E-state index is 13.7. The smallest absolute Gasteiger partial charge is 0.407 e. The molecule has 1 saturated carbocycles. The third kappa shape index (κ3) is 4.44. The molecule has 1 amide bonds. The van der Waals surface area contributed by atoms with Gasteiger partial charge in [-0.25, -0.2) is 9.18 Å². The largest absolute Gasteiger partial charge is 0.444 e. The summed E-state index contributed by atoms with van der Waals surface area (Å²) in [6.45, 7) is 5.52. The molecule has 1 aliphatic carbocycles. The number of aliphatic hydroxyl groups excluding tert-OH is 1. The fourth-order valence-electron chi connectivity index (χ4n) is 3.85. The second-order valence-electron chi connectivity index (χ2n) is 8.20. The lowest BCUT2D eigenvalue weighted by Crippen LogP contribution is -2.50. The minimum absolute atomic E-state index is 0.0631. The first-order valence-electron chi connectivity index (χ1n) is 9.33. The Balaban J connectivity index is 1.62. The molecule has 1 aromatic rings. The number of halogens is 1. The third-order valence-corrected chi connectivity index (χ3v) is 4.96. The summed E-state index contributed by atoms with van der Waals surface area (Å²) in [5.74, 6) is -0.386. The minimum atomic E-state index is -0.619. The summed E-state index contributed by atoms with van der Waals surface area (Å²) in [6, 6.07) is 1.65. The fourth-order valence-corrected chi connectivity index (χ4v) is 3.85. The van der Waals surface area contributed by atoms with Gasteiger partial charge in [-0.15, -0.1) is 0 Å². The molecule has 1 atom stereocenters. The summed E-state index contributed by atoms with van der Waals surface area (Å²) < 4.78 is 19.0. The number of nitrogens with one attached hydrogen (secondary N) is 1. The number of alkyl carbamates (subject to hydrolysis) is 1. The number of ether oxygens (including phenoxy) is 1. The molecule has 7 heteroatoms. The predicted molar refractivity (Wildman–Crippen MR) is 96.4 cm³/mol. The molecule has 1 aromatic heterocycles. The topological polar surface area (TPSA) is 74.7 Å². The Morgan fingerprint density at radius 1 is 1.31 bits per heavy atom. The van der Waals surface area contributed by atoms with Crippen LogP contribution in [0.15, 0.2) is 12.3 Å². The van der Waals surface area contributed by atoms with E-state index < -0.39 is 17.9 Å². The van der Waals surface area contributed by atoms with E-state index in [1.54, 1.807) is 0 Å². The van der Waals surface area contributed by atoms with Crippen molar-refractivity contribution in [1.82, 2.24) is 10.3 Å². The molecule has 2 N–H and O–H groups in total. The maximum absolute atomic E-state index is 13.7. The van der Waals surface area contributed by atoms with Gasteiger partial charge in [0.1, 0.15) is 17.6 Å². The molecular weight excluding hydrogens is 337 g/mol. The van der Waals surface area contributed by atoms with E-state index in [0.29, 0.717) is 18.5 Å². The first kappa shape index (κ1) is 18.9. The van der Waals surface area contributed by atoms with Gasteiger partial charge in [0.25, 0.3) is 0 Å². The van der Waals surface area contributed by atoms with E-state index in [-0.39, 0.29) is 17.9 Å². The highest BCUT2D eigenvalue weighted by molar-refractivity contribution is 5.68. The third-order valence-electron chi connectivity index (χ3n) is 4.96. The summed E-state index contributed by atoms with van der Waals surface area (Å²) in [4.78, 5) is 18.0. The standard InChI is InChI=1S/C19H28FN3O3/c1-19(2,3)26-18(25)22-13-4-6-14(7-5-13)23-16-10-12(20)11-21-15(16)8-9-17(23)24/h10-11,13-14,17,24H,4-9H2,1-3H3,(H,22,25). The molecule has 1 fully saturated rings. The average Bonchev–Trinajstić information content (AvgIpc) is 2.54. The highest BCUT2D eigenvalue weighted by atomic mass is 19.1. The number of anilines is 1. The van der Waals surface area contributed by atoms with Crippen LogP contribution < -0.4 is 10.2 Å². The number of hydrogen-bond donors (Lipinski definition) is 2. The molecule has 2 heterocycles. The lowest BCUT2D eigenvalue weighted by atomic mass is 9.88. The number of nitrogens with zero attached hydrogens (tertiary/aromatic N) is 2. The lowest BCUT2D eigenvalue weighted by molar-refractivity contribution is 0.0487. The van der Waals surface area contributed by atoms with Crippen LogP contribution in [-0.4, -0.2) is 40.1 Å². The zero-order valence-electron chi connectivity index (χ0n) is 15.7. The van der Waals surface area contributed by atoms with Crippen LogP contribution in [0.4, 0.5) is 14.9 Å². The zero-order chi connectivity index (χ0) is 18.9. The van der Waals surface area contributed by atoms with Crippen molar-refractivity contribution >= 4 is 11.8 Å². The van der Waals surface area contributed by atoms with Crippen LogP contribution in [0.3, 0.4) is 0 Å². The second kappa shape index (κ2) is 7.39. The van der Waals surface area contributed by atoms with E-state index in [9.17, 15) is 14.3 Å². The Morgan fingerprint density at radius 3 is 2.65 bits per heavy atom. The molecule has 2 aliphatic rings. The number of aryl methyl sites for hydroxylation is 1. The highest BCUT2D eigenvalue weighted by Crippen LogP contribution is 2.35. The summed E-state index contributed by atoms with van der Waals surface area (Å²) in [7, 11) is 0. The predicted octanol–water partition coefficient (Wildman–Crippen LogP) is 3.13. The van der Waals surface area contributed by atoms with Crippen LogP contribution in [0.25, 0.3) is 0 Å². The number of aromatic nitrogens is 1. The summed E-state index contributed by atoms with van der Waals surface area (Å²) in [6.07, 6.45) is 4.69. The zero-order valence-corrected chi connectivity index (χ0v) is 15.7. The normalized spacial score (nSPS) is 26.2. The number of carbonyl (C=O) groups excluding carboxylic acids is 1. The van der Waals surface area contributed by atoms with Crippen LogP contribution in [0.5, 0.6) is 0 Å². The van der Waals surface area contributed by atoms with Gasteiger partial charge in [0.2, 0.25) is 0 Å². The highest BCUT2D eigenvalue weighted by Gasteiger charge is 2.34. The first-order valence-corrected chi connectivity index (χ1v) is 9.33. The van der Waals surface area contributed by atoms with Gasteiger partial charge < -0.3 is 20.1 Å². The van der Waals surface area contributed by atoms with Crippen LogP contribution in [0, 0.1) is 5.82 Å². The molecule has 144 valence electrons. The number of rotatable bonds is 2. The quantitative estimate of drug-likeness (QED) is 0.842. The van der Waals surface area contributed by atoms with Crippen molar-refractivity contribution in [2.24, 2.45) is 0 Å². The molecule has 0 saturated heterocycles. The van der Waals surface area contributed by atoms with Crippen molar-refractivity contribution < 1.29 is 19.0 Å². The number of amides is 1. The Morgan fingerprint density at radius 2 is 2.00 bits per heavy atom. The van der Waals surface area contributed by atoms with E-state index in [1.165, 1.54) is 12.3 Å². The van der Waals surface area contributed by atoms with Crippen LogP contribution in [0.2, 0.25) is 0 Å². The maximum Gasteiger partial charge on any atom is 0.407 e. The monoisotopic (exact) mass is 365 g/mol. The van der Waals surface area contributed by atoms with Crippen molar-refractivity contribution in [1.29, 1.82) is 0 Å². The van der Waals surface area contributed by atoms with Crippen molar-refractivity contribution in [3.63, 3.8) is 0 Å². The Kier molecular flexibility index (Phi) is 5.37. The van der Waals surface area contributed by atoms with Gasteiger partial charge in [-0.05, 0) is 59.3 Å². The van der Waals surface area contributed by atoms with Crippen LogP contribution in [0.1, 0.15) is 58.6 Å². The van der Waals surface area contributed by atoms with Gasteiger partial charge in [-0.1, -0.05) is 0 Å². The van der Waals surface area contributed by atoms with E-state index in [0.717, 1.165) is 31.4 Å². The minimum Gasteiger partial charge on any atom is -0.444 e. The van der Waals surface area contributed by atoms with Gasteiger partial charge in [-0.3, -0.25) is 4.98 Å². The molecule has 1 aliphatic heterocycles. The number of pyridine rings is 1. The van der Waals surface area contributed by atoms with E-state index in [1.807, 2.05) is 25.7 Å². The molecule has 0 spiro atoms. The van der Waals surface area contributed by atoms with Gasteiger partial charge >= 0.3 is 6.09 Å². The fraction of sp³-hybridized carbons (Fsp3) is 0.684. The summed E-state index contributed by atoms with van der Waals surface area (Å²) in [5.41, 5.74) is 1.03. The van der Waals surface area contributed by atoms with Gasteiger partial charge in [0.15, 0.2) is 0 Å². The molecule has 0 bridgehead atoms. The molecule has 3 rings (SSSR count). The SMILES string of the molecule is CC(C)(C)OC(=O)NC1CCC(N2c3cc(F)cnc3CCC2O)CC1. The van der Waals surface area contributed by atoms with E-state index in [4.69, 9.17) is 4.74 Å². The van der Waals surface area contributed by atoms with E-state index >= 15 is 0 Å². The van der Waals surface area contributed by atoms with Crippen molar-refractivity contribution in [2.45, 2.75) is 83.2 Å². The summed E-state index contributed by atoms with van der Waals surface area (Å²) >= 11 is 0. The molecule has 0 radical (unpaired) electrons. The Hall–Kier alpha value is -1.89. The molecule has 6 nitrogen and oxygen atoms in total. The van der Waals surface area contributed by atoms with Crippen molar-refractivity contribution in [3.8, 4) is 0 Å². The molecule has 26 heavy (non-hydrogen) atoms. The van der Waals surface area contributed by atoms with Crippen molar-refractivity contribution in [3.05, 3.63) is 23.8 Å². The van der Waals surface area contributed by atoms with Crippen molar-refractivity contribution in [2.75, 3.05) is 4.90 Å². The summed E-state index contributed by atoms with van der Waals surface area (Å²) in [5, 5.41) is 13.4. The molecule has 1 unspecified atom stereocenters. The molecular formula is C19H28FN3O3. The van der Waals surface area contributed by atoms with Crippen LogP contribution in [-0.2, 0) is 11.2 Å².